The Hall–Kier alpha value is -0.130. The van der Waals surface area contributed by atoms with E-state index in [1.807, 2.05) is 0 Å². The van der Waals surface area contributed by atoms with E-state index < -0.39 is 10.0 Å². The first-order valence-corrected chi connectivity index (χ1v) is 7.11. The van der Waals surface area contributed by atoms with Crippen LogP contribution in [0.5, 0.6) is 0 Å². The van der Waals surface area contributed by atoms with Crippen molar-refractivity contribution in [3.63, 3.8) is 0 Å². The van der Waals surface area contributed by atoms with Gasteiger partial charge in [-0.1, -0.05) is 6.42 Å². The normalized spacial score (nSPS) is 35.2. The summed E-state index contributed by atoms with van der Waals surface area (Å²) in [6.45, 7) is 2.43. The number of sulfonamides is 1. The van der Waals surface area contributed by atoms with Crippen LogP contribution in [0, 0.1) is 5.92 Å². The Labute approximate surface area is 85.7 Å². The van der Waals surface area contributed by atoms with Gasteiger partial charge in [0.2, 0.25) is 10.0 Å². The fourth-order valence-corrected chi connectivity index (χ4v) is 3.34. The van der Waals surface area contributed by atoms with Gasteiger partial charge in [0.1, 0.15) is 0 Å². The Morgan fingerprint density at radius 3 is 2.79 bits per heavy atom. The van der Waals surface area contributed by atoms with E-state index in [4.69, 9.17) is 0 Å². The number of rotatable bonds is 1. The van der Waals surface area contributed by atoms with Crippen molar-refractivity contribution in [2.24, 2.45) is 5.92 Å². The molecular formula is C9H18N2O2S. The predicted octanol–water partition coefficient (Wildman–Crippen LogP) is 0.0199. The molecule has 0 aromatic heterocycles. The number of fused-ring (bicyclic) bond motifs is 1. The van der Waals surface area contributed by atoms with Crippen molar-refractivity contribution < 1.29 is 8.42 Å². The van der Waals surface area contributed by atoms with Gasteiger partial charge in [0.15, 0.2) is 0 Å². The van der Waals surface area contributed by atoms with E-state index in [9.17, 15) is 8.42 Å². The van der Waals surface area contributed by atoms with E-state index in [1.165, 1.54) is 25.5 Å². The highest BCUT2D eigenvalue weighted by Crippen LogP contribution is 2.26. The second-order valence-electron chi connectivity index (χ2n) is 4.40. The topological polar surface area (TPSA) is 49.4 Å². The zero-order valence-corrected chi connectivity index (χ0v) is 9.39. The van der Waals surface area contributed by atoms with Crippen LogP contribution in [0.2, 0.25) is 0 Å². The lowest BCUT2D eigenvalue weighted by molar-refractivity contribution is 0.437. The van der Waals surface area contributed by atoms with Gasteiger partial charge in [-0.3, -0.25) is 0 Å². The Morgan fingerprint density at radius 1 is 1.29 bits per heavy atom. The van der Waals surface area contributed by atoms with Crippen molar-refractivity contribution in [1.82, 2.24) is 9.62 Å². The molecular weight excluding hydrogens is 200 g/mol. The molecule has 0 unspecified atom stereocenters. The molecule has 82 valence electrons. The highest BCUT2D eigenvalue weighted by molar-refractivity contribution is 7.88. The maximum atomic E-state index is 11.4. The Morgan fingerprint density at radius 2 is 2.07 bits per heavy atom. The summed E-state index contributed by atoms with van der Waals surface area (Å²) in [5, 5.41) is 3.44. The van der Waals surface area contributed by atoms with E-state index in [0.717, 1.165) is 13.1 Å². The lowest BCUT2D eigenvalue weighted by Gasteiger charge is -2.14. The first kappa shape index (κ1) is 10.4. The molecule has 0 spiro atoms. The van der Waals surface area contributed by atoms with Gasteiger partial charge in [-0.15, -0.1) is 0 Å². The lowest BCUT2D eigenvalue weighted by atomic mass is 9.99. The highest BCUT2D eigenvalue weighted by atomic mass is 32.2. The molecule has 2 aliphatic heterocycles. The molecule has 0 bridgehead atoms. The molecule has 2 saturated heterocycles. The van der Waals surface area contributed by atoms with Gasteiger partial charge in [0.25, 0.3) is 0 Å². The summed E-state index contributed by atoms with van der Waals surface area (Å²) in [4.78, 5) is 0. The zero-order chi connectivity index (χ0) is 10.2. The molecule has 4 nitrogen and oxygen atoms in total. The van der Waals surface area contributed by atoms with Crippen molar-refractivity contribution >= 4 is 10.0 Å². The molecule has 0 radical (unpaired) electrons. The minimum atomic E-state index is -2.98. The minimum Gasteiger partial charge on any atom is -0.312 e. The molecule has 0 amide bonds. The molecule has 2 aliphatic rings. The van der Waals surface area contributed by atoms with Crippen LogP contribution in [0.3, 0.4) is 0 Å². The Bertz CT molecular complexity index is 288. The van der Waals surface area contributed by atoms with Crippen LogP contribution in [-0.2, 0) is 10.0 Å². The summed E-state index contributed by atoms with van der Waals surface area (Å²) in [6.07, 6.45) is 4.93. The lowest BCUT2D eigenvalue weighted by Crippen LogP contribution is -2.36. The van der Waals surface area contributed by atoms with Gasteiger partial charge < -0.3 is 5.32 Å². The fraction of sp³-hybridized carbons (Fsp3) is 1.00. The number of hydrogen-bond acceptors (Lipinski definition) is 3. The van der Waals surface area contributed by atoms with Crippen LogP contribution >= 0.6 is 0 Å². The highest BCUT2D eigenvalue weighted by Gasteiger charge is 2.36. The van der Waals surface area contributed by atoms with Gasteiger partial charge in [-0.25, -0.2) is 12.7 Å². The molecule has 5 heteroatoms. The third kappa shape index (κ3) is 2.10. The zero-order valence-electron chi connectivity index (χ0n) is 8.57. The molecule has 2 heterocycles. The van der Waals surface area contributed by atoms with Crippen LogP contribution in [0.4, 0.5) is 0 Å². The molecule has 0 saturated carbocycles. The molecule has 2 atom stereocenters. The summed E-state index contributed by atoms with van der Waals surface area (Å²) in [5.41, 5.74) is 0. The number of nitrogens with one attached hydrogen (secondary N) is 1. The van der Waals surface area contributed by atoms with Gasteiger partial charge in [0, 0.05) is 19.1 Å². The van der Waals surface area contributed by atoms with E-state index in [1.54, 1.807) is 4.31 Å². The van der Waals surface area contributed by atoms with Gasteiger partial charge in [-0.2, -0.15) is 0 Å². The van der Waals surface area contributed by atoms with Crippen LogP contribution < -0.4 is 5.32 Å². The van der Waals surface area contributed by atoms with Crippen LogP contribution in [0.25, 0.3) is 0 Å². The molecule has 0 aliphatic carbocycles. The van der Waals surface area contributed by atoms with Crippen LogP contribution in [0.15, 0.2) is 0 Å². The summed E-state index contributed by atoms with van der Waals surface area (Å²) < 4.78 is 24.3. The summed E-state index contributed by atoms with van der Waals surface area (Å²) in [6, 6.07) is 0.396. The number of nitrogens with zero attached hydrogens (tertiary/aromatic N) is 1. The maximum absolute atomic E-state index is 11.4. The smallest absolute Gasteiger partial charge is 0.211 e. The van der Waals surface area contributed by atoms with E-state index in [-0.39, 0.29) is 0 Å². The molecule has 2 rings (SSSR count). The van der Waals surface area contributed by atoms with Crippen LogP contribution in [0.1, 0.15) is 19.3 Å². The standard InChI is InChI=1S/C9H18N2O2S/c1-14(12,13)11-6-8-4-2-3-5-10-9(8)7-11/h8-10H,2-7H2,1H3/t8-,9+/m0/s1. The van der Waals surface area contributed by atoms with Crippen molar-refractivity contribution in [1.29, 1.82) is 0 Å². The molecule has 1 N–H and O–H groups in total. The molecule has 0 aromatic rings. The first-order valence-electron chi connectivity index (χ1n) is 5.26. The van der Waals surface area contributed by atoms with Crippen molar-refractivity contribution in [3.05, 3.63) is 0 Å². The Balaban J connectivity index is 2.05. The molecule has 14 heavy (non-hydrogen) atoms. The largest absolute Gasteiger partial charge is 0.312 e. The maximum Gasteiger partial charge on any atom is 0.211 e. The van der Waals surface area contributed by atoms with Crippen LogP contribution in [-0.4, -0.2) is 44.7 Å². The Kier molecular flexibility index (Phi) is 2.81. The van der Waals surface area contributed by atoms with Gasteiger partial charge in [-0.05, 0) is 25.3 Å². The first-order chi connectivity index (χ1) is 6.57. The van der Waals surface area contributed by atoms with Gasteiger partial charge in [0.05, 0.1) is 6.26 Å². The predicted molar refractivity (Wildman–Crippen MR) is 55.5 cm³/mol. The second-order valence-corrected chi connectivity index (χ2v) is 6.38. The quantitative estimate of drug-likeness (QED) is 0.675. The van der Waals surface area contributed by atoms with Crippen molar-refractivity contribution in [2.75, 3.05) is 25.9 Å². The van der Waals surface area contributed by atoms with E-state index >= 15 is 0 Å². The van der Waals surface area contributed by atoms with Crippen molar-refractivity contribution in [3.8, 4) is 0 Å². The monoisotopic (exact) mass is 218 g/mol. The van der Waals surface area contributed by atoms with Crippen molar-refractivity contribution in [2.45, 2.75) is 25.3 Å². The summed E-state index contributed by atoms with van der Waals surface area (Å²) in [7, 11) is -2.98. The summed E-state index contributed by atoms with van der Waals surface area (Å²) >= 11 is 0. The SMILES string of the molecule is CS(=O)(=O)N1C[C@@H]2CCCCN[C@@H]2C1. The fourth-order valence-electron chi connectivity index (χ4n) is 2.45. The average molecular weight is 218 g/mol. The third-order valence-corrected chi connectivity index (χ3v) is 4.52. The second kappa shape index (κ2) is 3.79. The minimum absolute atomic E-state index is 0.396. The van der Waals surface area contributed by atoms with Gasteiger partial charge >= 0.3 is 0 Å². The number of hydrogen-bond donors (Lipinski definition) is 1. The summed E-state index contributed by atoms with van der Waals surface area (Å²) in [5.74, 6) is 0.534. The third-order valence-electron chi connectivity index (χ3n) is 3.28. The molecule has 0 aromatic carbocycles. The van der Waals surface area contributed by atoms with E-state index in [2.05, 4.69) is 5.32 Å². The average Bonchev–Trinajstić information content (AvgIpc) is 2.38. The molecule has 2 fully saturated rings. The van der Waals surface area contributed by atoms with E-state index in [0.29, 0.717) is 18.5 Å².